The molecule has 1 aliphatic heterocycles. The van der Waals surface area contributed by atoms with E-state index in [0.29, 0.717) is 29.9 Å². The number of aryl methyl sites for hydroxylation is 1. The molecule has 1 unspecified atom stereocenters. The third kappa shape index (κ3) is 3.48. The third-order valence-electron chi connectivity index (χ3n) is 4.45. The number of piperidine rings is 1. The van der Waals surface area contributed by atoms with Crippen molar-refractivity contribution in [3.05, 3.63) is 22.4 Å². The Morgan fingerprint density at radius 2 is 2.33 bits per heavy atom. The Morgan fingerprint density at radius 1 is 1.50 bits per heavy atom. The molecule has 2 aromatic rings. The van der Waals surface area contributed by atoms with E-state index in [0.717, 1.165) is 32.4 Å². The second-order valence-corrected chi connectivity index (χ2v) is 6.38. The molecule has 0 spiro atoms. The molecule has 0 saturated carbocycles. The Bertz CT molecular complexity index is 780. The minimum Gasteiger partial charge on any atom is -0.356 e. The predicted molar refractivity (Wildman–Crippen MR) is 90.4 cm³/mol. The fourth-order valence-corrected chi connectivity index (χ4v) is 3.17. The van der Waals surface area contributed by atoms with Gasteiger partial charge in [0.15, 0.2) is 5.65 Å². The Labute approximate surface area is 140 Å². The number of rotatable bonds is 5. The van der Waals surface area contributed by atoms with Gasteiger partial charge in [-0.3, -0.25) is 19.2 Å². The molecular weight excluding hydrogens is 308 g/mol. The average molecular weight is 332 g/mol. The van der Waals surface area contributed by atoms with E-state index in [1.165, 1.54) is 6.20 Å². The number of aromatic nitrogens is 4. The Morgan fingerprint density at radius 3 is 3.12 bits per heavy atom. The molecule has 1 fully saturated rings. The zero-order valence-electron chi connectivity index (χ0n) is 14.2. The maximum absolute atomic E-state index is 12.2. The monoisotopic (exact) mass is 332 g/mol. The number of likely N-dealkylation sites (tertiary alicyclic amines) is 1. The van der Waals surface area contributed by atoms with Crippen molar-refractivity contribution < 1.29 is 4.79 Å². The Kier molecular flexibility index (Phi) is 4.94. The van der Waals surface area contributed by atoms with Crippen molar-refractivity contribution in [2.24, 2.45) is 13.0 Å². The molecule has 2 aromatic heterocycles. The van der Waals surface area contributed by atoms with Crippen molar-refractivity contribution in [2.45, 2.75) is 32.7 Å². The molecule has 1 atom stereocenters. The first-order chi connectivity index (χ1) is 11.6. The van der Waals surface area contributed by atoms with Crippen LogP contribution in [0.1, 0.15) is 32.0 Å². The van der Waals surface area contributed by atoms with Gasteiger partial charge < -0.3 is 10.3 Å². The van der Waals surface area contributed by atoms with Crippen LogP contribution in [0.5, 0.6) is 0 Å². The van der Waals surface area contributed by atoms with Gasteiger partial charge in [0.05, 0.1) is 18.7 Å². The summed E-state index contributed by atoms with van der Waals surface area (Å²) in [5, 5.41) is 7.55. The summed E-state index contributed by atoms with van der Waals surface area (Å²) >= 11 is 0. The van der Waals surface area contributed by atoms with E-state index in [-0.39, 0.29) is 17.4 Å². The van der Waals surface area contributed by atoms with Crippen molar-refractivity contribution in [3.8, 4) is 0 Å². The van der Waals surface area contributed by atoms with Crippen LogP contribution in [0.4, 0.5) is 0 Å². The van der Waals surface area contributed by atoms with Crippen molar-refractivity contribution in [3.63, 3.8) is 0 Å². The molecule has 130 valence electrons. The predicted octanol–water partition coefficient (Wildman–Crippen LogP) is 0.395. The highest BCUT2D eigenvalue weighted by Gasteiger charge is 2.26. The summed E-state index contributed by atoms with van der Waals surface area (Å²) in [6, 6.07) is 0. The molecule has 3 heterocycles. The van der Waals surface area contributed by atoms with E-state index < -0.39 is 0 Å². The van der Waals surface area contributed by atoms with Gasteiger partial charge in [0.1, 0.15) is 11.2 Å². The number of H-pyrrole nitrogens is 1. The van der Waals surface area contributed by atoms with Gasteiger partial charge in [-0.15, -0.1) is 0 Å². The summed E-state index contributed by atoms with van der Waals surface area (Å²) in [5.41, 5.74) is 0.417. The van der Waals surface area contributed by atoms with Gasteiger partial charge in [-0.05, 0) is 25.8 Å². The molecule has 2 N–H and O–H groups in total. The van der Waals surface area contributed by atoms with E-state index in [9.17, 15) is 9.59 Å². The molecule has 8 nitrogen and oxygen atoms in total. The van der Waals surface area contributed by atoms with Crippen LogP contribution in [-0.4, -0.2) is 50.2 Å². The summed E-state index contributed by atoms with van der Waals surface area (Å²) in [4.78, 5) is 33.8. The SMILES string of the molecule is CCCNC(=O)C1CCCN(Cc2nc3c(cnn3C)c(=O)[nH]2)C1. The maximum Gasteiger partial charge on any atom is 0.262 e. The van der Waals surface area contributed by atoms with Crippen LogP contribution in [0.3, 0.4) is 0 Å². The fourth-order valence-electron chi connectivity index (χ4n) is 3.17. The summed E-state index contributed by atoms with van der Waals surface area (Å²) in [6.45, 7) is 4.91. The van der Waals surface area contributed by atoms with Gasteiger partial charge in [0.25, 0.3) is 5.56 Å². The first-order valence-corrected chi connectivity index (χ1v) is 8.49. The smallest absolute Gasteiger partial charge is 0.262 e. The van der Waals surface area contributed by atoms with Crippen LogP contribution in [0.15, 0.2) is 11.0 Å². The Hall–Kier alpha value is -2.22. The number of nitrogens with zero attached hydrogens (tertiary/aromatic N) is 4. The number of aromatic amines is 1. The minimum atomic E-state index is -0.169. The topological polar surface area (TPSA) is 95.9 Å². The standard InChI is InChI=1S/C16H24N6O2/c1-3-6-17-15(23)11-5-4-7-22(9-11)10-13-19-14-12(16(24)20-13)8-18-21(14)2/h8,11H,3-7,9-10H2,1-2H3,(H,17,23)(H,19,20,24). The van der Waals surface area contributed by atoms with Crippen LogP contribution in [0.2, 0.25) is 0 Å². The second-order valence-electron chi connectivity index (χ2n) is 6.38. The van der Waals surface area contributed by atoms with Gasteiger partial charge in [-0.25, -0.2) is 4.98 Å². The molecule has 0 aliphatic carbocycles. The number of fused-ring (bicyclic) bond motifs is 1. The summed E-state index contributed by atoms with van der Waals surface area (Å²) < 4.78 is 1.60. The highest BCUT2D eigenvalue weighted by Crippen LogP contribution is 2.18. The van der Waals surface area contributed by atoms with Gasteiger partial charge in [-0.1, -0.05) is 6.92 Å². The first-order valence-electron chi connectivity index (χ1n) is 8.49. The molecule has 8 heteroatoms. The molecule has 0 radical (unpaired) electrons. The number of amides is 1. The molecule has 1 aliphatic rings. The lowest BCUT2D eigenvalue weighted by atomic mass is 9.97. The zero-order chi connectivity index (χ0) is 17.1. The van der Waals surface area contributed by atoms with E-state index in [1.807, 2.05) is 6.92 Å². The number of hydrogen-bond donors (Lipinski definition) is 2. The van der Waals surface area contributed by atoms with Gasteiger partial charge in [0.2, 0.25) is 5.91 Å². The van der Waals surface area contributed by atoms with Crippen molar-refractivity contribution in [1.29, 1.82) is 0 Å². The molecule has 3 rings (SSSR count). The lowest BCUT2D eigenvalue weighted by Gasteiger charge is -2.31. The largest absolute Gasteiger partial charge is 0.356 e. The normalized spacial score (nSPS) is 18.8. The van der Waals surface area contributed by atoms with Gasteiger partial charge in [0, 0.05) is 20.1 Å². The first kappa shape index (κ1) is 16.6. The van der Waals surface area contributed by atoms with E-state index >= 15 is 0 Å². The molecule has 24 heavy (non-hydrogen) atoms. The highest BCUT2D eigenvalue weighted by atomic mass is 16.2. The van der Waals surface area contributed by atoms with Crippen molar-refractivity contribution in [2.75, 3.05) is 19.6 Å². The minimum absolute atomic E-state index is 0.0115. The van der Waals surface area contributed by atoms with E-state index in [4.69, 9.17) is 0 Å². The van der Waals surface area contributed by atoms with Gasteiger partial charge in [-0.2, -0.15) is 5.10 Å². The van der Waals surface area contributed by atoms with E-state index in [2.05, 4.69) is 25.3 Å². The molecule has 0 aromatic carbocycles. The van der Waals surface area contributed by atoms with Crippen LogP contribution in [0, 0.1) is 5.92 Å². The van der Waals surface area contributed by atoms with Crippen LogP contribution >= 0.6 is 0 Å². The lowest BCUT2D eigenvalue weighted by molar-refractivity contribution is -0.126. The zero-order valence-corrected chi connectivity index (χ0v) is 14.2. The van der Waals surface area contributed by atoms with Crippen LogP contribution in [-0.2, 0) is 18.4 Å². The molecule has 1 amide bonds. The third-order valence-corrected chi connectivity index (χ3v) is 4.45. The summed E-state index contributed by atoms with van der Waals surface area (Å²) in [6.07, 6.45) is 4.36. The second kappa shape index (κ2) is 7.12. The number of carbonyl (C=O) groups is 1. The highest BCUT2D eigenvalue weighted by molar-refractivity contribution is 5.78. The molecule has 0 bridgehead atoms. The lowest BCUT2D eigenvalue weighted by Crippen LogP contribution is -2.43. The van der Waals surface area contributed by atoms with Crippen LogP contribution < -0.4 is 10.9 Å². The number of nitrogens with one attached hydrogen (secondary N) is 2. The van der Waals surface area contributed by atoms with E-state index in [1.54, 1.807) is 11.7 Å². The van der Waals surface area contributed by atoms with Crippen molar-refractivity contribution in [1.82, 2.24) is 30.0 Å². The Balaban J connectivity index is 1.70. The molecule has 1 saturated heterocycles. The van der Waals surface area contributed by atoms with Crippen LogP contribution in [0.25, 0.3) is 11.0 Å². The van der Waals surface area contributed by atoms with Gasteiger partial charge >= 0.3 is 0 Å². The quantitative estimate of drug-likeness (QED) is 0.826. The number of hydrogen-bond acceptors (Lipinski definition) is 5. The summed E-state index contributed by atoms with van der Waals surface area (Å²) in [7, 11) is 1.77. The number of carbonyl (C=O) groups excluding carboxylic acids is 1. The average Bonchev–Trinajstić information content (AvgIpc) is 2.95. The summed E-state index contributed by atoms with van der Waals surface area (Å²) in [5.74, 6) is 0.758. The molecular formula is C16H24N6O2. The maximum atomic E-state index is 12.2. The fraction of sp³-hybridized carbons (Fsp3) is 0.625. The van der Waals surface area contributed by atoms with Crippen molar-refractivity contribution >= 4 is 16.9 Å².